The number of oxime groups is 1. The maximum absolute atomic E-state index is 8.46. The first-order chi connectivity index (χ1) is 6.36. The van der Waals surface area contributed by atoms with Crippen LogP contribution in [0.2, 0.25) is 0 Å². The van der Waals surface area contributed by atoms with Crippen LogP contribution >= 0.6 is 0 Å². The van der Waals surface area contributed by atoms with Gasteiger partial charge in [-0.05, 0) is 17.7 Å². The van der Waals surface area contributed by atoms with E-state index in [1.165, 1.54) is 6.21 Å². The molecule has 0 saturated carbocycles. The molecule has 1 rings (SSSR count). The van der Waals surface area contributed by atoms with E-state index in [2.05, 4.69) is 17.0 Å². The van der Waals surface area contributed by atoms with Crippen molar-refractivity contribution in [2.24, 2.45) is 5.16 Å². The number of rotatable bonds is 1. The summed E-state index contributed by atoms with van der Waals surface area (Å²) in [5, 5.41) is 19.6. The Bertz CT molecular complexity index is 361. The second-order valence-electron chi connectivity index (χ2n) is 2.33. The molecule has 3 nitrogen and oxygen atoms in total. The van der Waals surface area contributed by atoms with Crippen molar-refractivity contribution in [2.45, 2.75) is 0 Å². The van der Waals surface area contributed by atoms with Crippen molar-refractivity contribution in [3.8, 4) is 11.8 Å². The molecular weight excluding hydrogens is 166 g/mol. The first-order valence-electron chi connectivity index (χ1n) is 3.74. The molecule has 2 N–H and O–H groups in total. The minimum Gasteiger partial charge on any atom is -0.411 e. The van der Waals surface area contributed by atoms with Gasteiger partial charge in [0.25, 0.3) is 0 Å². The maximum atomic E-state index is 8.46. The molecular formula is C10H9NO2. The Morgan fingerprint density at radius 3 is 3.00 bits per heavy atom. The fourth-order valence-electron chi connectivity index (χ4n) is 0.905. The van der Waals surface area contributed by atoms with Crippen molar-refractivity contribution in [1.29, 1.82) is 0 Å². The summed E-state index contributed by atoms with van der Waals surface area (Å²) >= 11 is 0. The second kappa shape index (κ2) is 4.96. The van der Waals surface area contributed by atoms with E-state index < -0.39 is 0 Å². The van der Waals surface area contributed by atoms with Crippen molar-refractivity contribution in [3.05, 3.63) is 35.4 Å². The van der Waals surface area contributed by atoms with E-state index in [0.717, 1.165) is 11.1 Å². The Morgan fingerprint density at radius 2 is 2.31 bits per heavy atom. The number of nitrogens with zero attached hydrogens (tertiary/aromatic N) is 1. The van der Waals surface area contributed by atoms with Crippen LogP contribution in [-0.4, -0.2) is 23.1 Å². The van der Waals surface area contributed by atoms with Crippen LogP contribution in [-0.2, 0) is 0 Å². The molecule has 1 aromatic rings. The highest BCUT2D eigenvalue weighted by Gasteiger charge is 1.89. The van der Waals surface area contributed by atoms with E-state index >= 15 is 0 Å². The van der Waals surface area contributed by atoms with Gasteiger partial charge in [0, 0.05) is 5.56 Å². The Hall–Kier alpha value is -1.79. The number of aliphatic hydroxyl groups excluding tert-OH is 1. The minimum atomic E-state index is -0.154. The molecule has 0 aliphatic heterocycles. The highest BCUT2D eigenvalue weighted by Crippen LogP contribution is 2.01. The van der Waals surface area contributed by atoms with Crippen molar-refractivity contribution >= 4 is 6.21 Å². The van der Waals surface area contributed by atoms with Crippen LogP contribution in [0.3, 0.4) is 0 Å². The Balaban J connectivity index is 2.91. The zero-order chi connectivity index (χ0) is 9.52. The van der Waals surface area contributed by atoms with Crippen LogP contribution in [0, 0.1) is 11.8 Å². The monoisotopic (exact) mass is 175 g/mol. The quantitative estimate of drug-likeness (QED) is 0.287. The molecule has 0 radical (unpaired) electrons. The lowest BCUT2D eigenvalue weighted by atomic mass is 10.1. The normalized spacial score (nSPS) is 9.62. The first kappa shape index (κ1) is 9.30. The lowest BCUT2D eigenvalue weighted by molar-refractivity contribution is 0.322. The van der Waals surface area contributed by atoms with Crippen LogP contribution in [0.5, 0.6) is 0 Å². The zero-order valence-corrected chi connectivity index (χ0v) is 6.94. The lowest BCUT2D eigenvalue weighted by Crippen LogP contribution is -1.83. The summed E-state index contributed by atoms with van der Waals surface area (Å²) < 4.78 is 0. The Labute approximate surface area is 76.3 Å². The van der Waals surface area contributed by atoms with Crippen LogP contribution < -0.4 is 0 Å². The van der Waals surface area contributed by atoms with Crippen LogP contribution in [0.15, 0.2) is 29.4 Å². The van der Waals surface area contributed by atoms with Crippen molar-refractivity contribution in [1.82, 2.24) is 0 Å². The summed E-state index contributed by atoms with van der Waals surface area (Å²) in [4.78, 5) is 0. The molecule has 66 valence electrons. The molecule has 0 saturated heterocycles. The van der Waals surface area contributed by atoms with E-state index in [1.54, 1.807) is 18.2 Å². The van der Waals surface area contributed by atoms with Crippen LogP contribution in [0.1, 0.15) is 11.1 Å². The van der Waals surface area contributed by atoms with Crippen molar-refractivity contribution in [3.63, 3.8) is 0 Å². The van der Waals surface area contributed by atoms with Crippen LogP contribution in [0.25, 0.3) is 0 Å². The average molecular weight is 175 g/mol. The molecule has 0 atom stereocenters. The second-order valence-corrected chi connectivity index (χ2v) is 2.33. The highest BCUT2D eigenvalue weighted by atomic mass is 16.4. The summed E-state index contributed by atoms with van der Waals surface area (Å²) in [7, 11) is 0. The Morgan fingerprint density at radius 1 is 1.46 bits per heavy atom. The van der Waals surface area contributed by atoms with Crippen LogP contribution in [0.4, 0.5) is 0 Å². The molecule has 0 fully saturated rings. The summed E-state index contributed by atoms with van der Waals surface area (Å²) in [5.74, 6) is 5.28. The van der Waals surface area contributed by atoms with Gasteiger partial charge in [0.05, 0.1) is 6.21 Å². The van der Waals surface area contributed by atoms with Crippen molar-refractivity contribution < 1.29 is 10.3 Å². The van der Waals surface area contributed by atoms with Gasteiger partial charge in [0.2, 0.25) is 0 Å². The zero-order valence-electron chi connectivity index (χ0n) is 6.94. The minimum absolute atomic E-state index is 0.154. The molecule has 0 heterocycles. The predicted molar refractivity (Wildman–Crippen MR) is 49.8 cm³/mol. The summed E-state index contributed by atoms with van der Waals surface area (Å²) in [5.41, 5.74) is 1.55. The van der Waals surface area contributed by atoms with Gasteiger partial charge in [-0.15, -0.1) is 0 Å². The van der Waals surface area contributed by atoms with Gasteiger partial charge in [-0.2, -0.15) is 0 Å². The maximum Gasteiger partial charge on any atom is 0.104 e. The van der Waals surface area contributed by atoms with Gasteiger partial charge in [-0.1, -0.05) is 29.1 Å². The van der Waals surface area contributed by atoms with Gasteiger partial charge < -0.3 is 10.3 Å². The van der Waals surface area contributed by atoms with Gasteiger partial charge in [-0.25, -0.2) is 0 Å². The SMILES string of the molecule is OCC#Cc1cccc(C=NO)c1. The molecule has 0 spiro atoms. The van der Waals surface area contributed by atoms with E-state index in [9.17, 15) is 0 Å². The molecule has 0 unspecified atom stereocenters. The van der Waals surface area contributed by atoms with Gasteiger partial charge in [-0.3, -0.25) is 0 Å². The largest absolute Gasteiger partial charge is 0.411 e. The van der Waals surface area contributed by atoms with E-state index in [1.807, 2.05) is 6.07 Å². The van der Waals surface area contributed by atoms with E-state index in [0.29, 0.717) is 0 Å². The molecule has 0 aliphatic rings. The van der Waals surface area contributed by atoms with E-state index in [4.69, 9.17) is 10.3 Å². The van der Waals surface area contributed by atoms with Gasteiger partial charge >= 0.3 is 0 Å². The third kappa shape index (κ3) is 2.97. The van der Waals surface area contributed by atoms with Crippen molar-refractivity contribution in [2.75, 3.05) is 6.61 Å². The highest BCUT2D eigenvalue weighted by molar-refractivity contribution is 5.79. The fraction of sp³-hybridized carbons (Fsp3) is 0.100. The summed E-state index contributed by atoms with van der Waals surface area (Å²) in [6.45, 7) is -0.154. The number of aliphatic hydroxyl groups is 1. The fourth-order valence-corrected chi connectivity index (χ4v) is 0.905. The molecule has 0 aliphatic carbocycles. The number of benzene rings is 1. The molecule has 0 aromatic heterocycles. The smallest absolute Gasteiger partial charge is 0.104 e. The molecule has 3 heteroatoms. The number of hydrogen-bond donors (Lipinski definition) is 2. The molecule has 13 heavy (non-hydrogen) atoms. The predicted octanol–water partition coefficient (Wildman–Crippen LogP) is 0.838. The Kier molecular flexibility index (Phi) is 3.55. The first-order valence-corrected chi connectivity index (χ1v) is 3.74. The van der Waals surface area contributed by atoms with E-state index in [-0.39, 0.29) is 6.61 Å². The third-order valence-corrected chi connectivity index (χ3v) is 1.41. The van der Waals surface area contributed by atoms with Gasteiger partial charge in [0.1, 0.15) is 6.61 Å². The number of hydrogen-bond acceptors (Lipinski definition) is 3. The lowest BCUT2D eigenvalue weighted by Gasteiger charge is -1.92. The topological polar surface area (TPSA) is 52.8 Å². The third-order valence-electron chi connectivity index (χ3n) is 1.41. The molecule has 0 bridgehead atoms. The standard InChI is InChI=1S/C10H9NO2/c12-6-2-5-9-3-1-4-10(7-9)8-11-13/h1,3-4,7-8,12-13H,6H2. The average Bonchev–Trinajstić information content (AvgIpc) is 2.16. The summed E-state index contributed by atoms with van der Waals surface area (Å²) in [6.07, 6.45) is 1.32. The van der Waals surface area contributed by atoms with Gasteiger partial charge in [0.15, 0.2) is 0 Å². The summed E-state index contributed by atoms with van der Waals surface area (Å²) in [6, 6.07) is 7.18. The molecule has 1 aromatic carbocycles. The molecule has 0 amide bonds.